The van der Waals surface area contributed by atoms with E-state index in [2.05, 4.69) is 16.8 Å². The van der Waals surface area contributed by atoms with Crippen molar-refractivity contribution >= 4 is 24.8 Å². The van der Waals surface area contributed by atoms with Crippen molar-refractivity contribution in [2.45, 2.75) is 18.4 Å². The molecular formula is C20H24Cl2F2N2. The summed E-state index contributed by atoms with van der Waals surface area (Å²) in [7, 11) is 2.14. The van der Waals surface area contributed by atoms with Crippen LogP contribution in [0.1, 0.15) is 35.1 Å². The first-order valence-electron chi connectivity index (χ1n) is 8.59. The molecule has 2 atom stereocenters. The zero-order valence-electron chi connectivity index (χ0n) is 14.7. The molecule has 0 bridgehead atoms. The molecule has 1 aliphatic heterocycles. The summed E-state index contributed by atoms with van der Waals surface area (Å²) in [5, 5.41) is 0. The molecule has 1 unspecified atom stereocenters. The van der Waals surface area contributed by atoms with E-state index in [1.54, 1.807) is 12.1 Å². The molecule has 0 saturated carbocycles. The number of hydrogen-bond acceptors (Lipinski definition) is 2. The van der Waals surface area contributed by atoms with Gasteiger partial charge in [0.2, 0.25) is 0 Å². The highest BCUT2D eigenvalue weighted by molar-refractivity contribution is 5.85. The van der Waals surface area contributed by atoms with Gasteiger partial charge in [-0.25, -0.2) is 8.78 Å². The van der Waals surface area contributed by atoms with Gasteiger partial charge in [0.25, 0.3) is 0 Å². The largest absolute Gasteiger partial charge is 0.304 e. The number of piperazine rings is 1. The van der Waals surface area contributed by atoms with Crippen molar-refractivity contribution in [2.24, 2.45) is 0 Å². The zero-order chi connectivity index (χ0) is 16.7. The fraction of sp³-hybridized carbons (Fsp3) is 0.400. The summed E-state index contributed by atoms with van der Waals surface area (Å²) in [6.45, 7) is 4.10. The first-order chi connectivity index (χ1) is 11.6. The molecule has 0 spiro atoms. The second kappa shape index (κ2) is 8.66. The Labute approximate surface area is 166 Å². The molecule has 1 saturated heterocycles. The van der Waals surface area contributed by atoms with Crippen LogP contribution < -0.4 is 0 Å². The van der Waals surface area contributed by atoms with Gasteiger partial charge in [-0.3, -0.25) is 4.90 Å². The first kappa shape index (κ1) is 21.1. The fourth-order valence-electron chi connectivity index (χ4n) is 4.12. The van der Waals surface area contributed by atoms with Crippen molar-refractivity contribution in [1.82, 2.24) is 9.80 Å². The van der Waals surface area contributed by atoms with Crippen LogP contribution in [0.15, 0.2) is 42.5 Å². The maximum atomic E-state index is 13.9. The van der Waals surface area contributed by atoms with Crippen LogP contribution in [-0.2, 0) is 0 Å². The van der Waals surface area contributed by atoms with Crippen molar-refractivity contribution in [3.63, 3.8) is 0 Å². The molecule has 6 heteroatoms. The zero-order valence-corrected chi connectivity index (χ0v) is 16.3. The molecule has 1 fully saturated rings. The Hall–Kier alpha value is -1.20. The van der Waals surface area contributed by atoms with Crippen molar-refractivity contribution in [2.75, 3.05) is 33.2 Å². The van der Waals surface area contributed by atoms with E-state index in [1.807, 2.05) is 18.2 Å². The van der Waals surface area contributed by atoms with Crippen LogP contribution in [0, 0.1) is 11.6 Å². The maximum Gasteiger partial charge on any atom is 0.123 e. The Balaban J connectivity index is 0.00000121. The molecule has 0 amide bonds. The van der Waals surface area contributed by atoms with Crippen LogP contribution in [0.4, 0.5) is 8.78 Å². The Bertz CT molecular complexity index is 731. The molecule has 0 N–H and O–H groups in total. The molecule has 0 radical (unpaired) electrons. The highest BCUT2D eigenvalue weighted by atomic mass is 35.5. The lowest BCUT2D eigenvalue weighted by Crippen LogP contribution is -2.45. The molecule has 142 valence electrons. The summed E-state index contributed by atoms with van der Waals surface area (Å²) in [6.07, 6.45) is 0.939. The molecule has 4 rings (SSSR count). The molecule has 0 aromatic heterocycles. The Morgan fingerprint density at radius 3 is 2.08 bits per heavy atom. The van der Waals surface area contributed by atoms with Gasteiger partial charge >= 0.3 is 0 Å². The van der Waals surface area contributed by atoms with Crippen LogP contribution in [0.25, 0.3) is 0 Å². The van der Waals surface area contributed by atoms with Gasteiger partial charge < -0.3 is 4.90 Å². The van der Waals surface area contributed by atoms with E-state index in [4.69, 9.17) is 0 Å². The van der Waals surface area contributed by atoms with Gasteiger partial charge in [0.1, 0.15) is 11.6 Å². The van der Waals surface area contributed by atoms with Gasteiger partial charge in [-0.05, 0) is 54.4 Å². The van der Waals surface area contributed by atoms with E-state index in [9.17, 15) is 8.78 Å². The maximum absolute atomic E-state index is 13.9. The van der Waals surface area contributed by atoms with E-state index < -0.39 is 0 Å². The third-order valence-electron chi connectivity index (χ3n) is 5.49. The third-order valence-corrected chi connectivity index (χ3v) is 5.49. The van der Waals surface area contributed by atoms with Gasteiger partial charge in [0, 0.05) is 38.1 Å². The first-order valence-corrected chi connectivity index (χ1v) is 8.59. The number of fused-ring (bicyclic) bond motifs is 1. The predicted molar refractivity (Wildman–Crippen MR) is 106 cm³/mol. The summed E-state index contributed by atoms with van der Waals surface area (Å²) in [4.78, 5) is 4.80. The number of nitrogens with zero attached hydrogens (tertiary/aromatic N) is 2. The number of halogens is 4. The molecule has 2 nitrogen and oxygen atoms in total. The highest BCUT2D eigenvalue weighted by Gasteiger charge is 2.36. The van der Waals surface area contributed by atoms with Crippen LogP contribution in [-0.4, -0.2) is 43.0 Å². The molecule has 2 aliphatic rings. The Morgan fingerprint density at radius 2 is 1.42 bits per heavy atom. The lowest BCUT2D eigenvalue weighted by atomic mass is 9.93. The molecule has 2 aromatic carbocycles. The van der Waals surface area contributed by atoms with Crippen molar-refractivity contribution in [3.05, 3.63) is 70.8 Å². The SMILES string of the molecule is CN1CCN([C@@H]2CC(c3ccc(F)cc3)c3ccc(F)cc32)CC1.Cl.Cl. The summed E-state index contributed by atoms with van der Waals surface area (Å²) >= 11 is 0. The number of likely N-dealkylation sites (N-methyl/N-ethyl adjacent to an activating group) is 1. The molecule has 1 aliphatic carbocycles. The fourth-order valence-corrected chi connectivity index (χ4v) is 4.12. The average molecular weight is 401 g/mol. The van der Waals surface area contributed by atoms with Crippen molar-refractivity contribution < 1.29 is 8.78 Å². The van der Waals surface area contributed by atoms with Gasteiger partial charge in [-0.15, -0.1) is 24.8 Å². The summed E-state index contributed by atoms with van der Waals surface area (Å²) < 4.78 is 27.1. The minimum atomic E-state index is -0.216. The predicted octanol–water partition coefficient (Wildman–Crippen LogP) is 4.63. The number of benzene rings is 2. The second-order valence-corrected chi connectivity index (χ2v) is 6.97. The second-order valence-electron chi connectivity index (χ2n) is 6.97. The summed E-state index contributed by atoms with van der Waals surface area (Å²) in [5.41, 5.74) is 3.40. The summed E-state index contributed by atoms with van der Waals surface area (Å²) in [6, 6.07) is 12.2. The third kappa shape index (κ3) is 4.04. The minimum absolute atomic E-state index is 0. The van der Waals surface area contributed by atoms with Gasteiger partial charge in [0.05, 0.1) is 0 Å². The van der Waals surface area contributed by atoms with Crippen LogP contribution in [0.3, 0.4) is 0 Å². The van der Waals surface area contributed by atoms with E-state index in [0.29, 0.717) is 0 Å². The van der Waals surface area contributed by atoms with Crippen LogP contribution in [0.2, 0.25) is 0 Å². The van der Waals surface area contributed by atoms with Gasteiger partial charge in [-0.2, -0.15) is 0 Å². The topological polar surface area (TPSA) is 6.48 Å². The normalized spacial score (nSPS) is 23.0. The van der Waals surface area contributed by atoms with Crippen molar-refractivity contribution in [3.8, 4) is 0 Å². The lowest BCUT2D eigenvalue weighted by Gasteiger charge is -2.37. The number of rotatable bonds is 2. The van der Waals surface area contributed by atoms with Gasteiger partial charge in [-0.1, -0.05) is 18.2 Å². The highest BCUT2D eigenvalue weighted by Crippen LogP contribution is 2.47. The quantitative estimate of drug-likeness (QED) is 0.724. The van der Waals surface area contributed by atoms with E-state index >= 15 is 0 Å². The Kier molecular flexibility index (Phi) is 7.03. The molecule has 26 heavy (non-hydrogen) atoms. The minimum Gasteiger partial charge on any atom is -0.304 e. The van der Waals surface area contributed by atoms with E-state index in [-0.39, 0.29) is 48.4 Å². The lowest BCUT2D eigenvalue weighted by molar-refractivity contribution is 0.110. The standard InChI is InChI=1S/C20H22F2N2.2ClH/c1-23-8-10-24(11-9-23)20-13-18(14-2-4-15(21)5-3-14)17-7-6-16(22)12-19(17)20;;/h2-7,12,18,20H,8-11,13H2,1H3;2*1H/t18?,20-;;/m1../s1. The van der Waals surface area contributed by atoms with E-state index in [0.717, 1.165) is 43.7 Å². The molecule has 2 aromatic rings. The van der Waals surface area contributed by atoms with Crippen LogP contribution >= 0.6 is 24.8 Å². The number of hydrogen-bond donors (Lipinski definition) is 0. The summed E-state index contributed by atoms with van der Waals surface area (Å²) in [5.74, 6) is -0.176. The smallest absolute Gasteiger partial charge is 0.123 e. The van der Waals surface area contributed by atoms with E-state index in [1.165, 1.54) is 17.7 Å². The van der Waals surface area contributed by atoms with Gasteiger partial charge in [0.15, 0.2) is 0 Å². The van der Waals surface area contributed by atoms with Crippen molar-refractivity contribution in [1.29, 1.82) is 0 Å². The van der Waals surface area contributed by atoms with Crippen LogP contribution in [0.5, 0.6) is 0 Å². The molecule has 1 heterocycles. The molecular weight excluding hydrogens is 377 g/mol. The monoisotopic (exact) mass is 400 g/mol. The average Bonchev–Trinajstić information content (AvgIpc) is 2.95. The Morgan fingerprint density at radius 1 is 0.808 bits per heavy atom.